The molecule has 0 saturated carbocycles. The van der Waals surface area contributed by atoms with Crippen LogP contribution in [0.2, 0.25) is 0 Å². The smallest absolute Gasteiger partial charge is 0.335 e. The van der Waals surface area contributed by atoms with Gasteiger partial charge in [0.2, 0.25) is 0 Å². The monoisotopic (exact) mass is 327 g/mol. The second-order valence-corrected chi connectivity index (χ2v) is 6.77. The molecular formula is C19H25N3O2. The molecule has 0 bridgehead atoms. The highest BCUT2D eigenvalue weighted by molar-refractivity contribution is 5.87. The van der Waals surface area contributed by atoms with Gasteiger partial charge < -0.3 is 5.11 Å². The standard InChI is InChI=1S/C19H25N3O2/c1-13-18(14(2)21(3)20-13)12-22-10-4-5-17(11-22)15-6-8-16(9-7-15)19(23)24/h6-9,17H,4-5,10-12H2,1-3H3,(H,23,24). The molecule has 3 rings (SSSR count). The molecule has 1 aliphatic rings. The molecule has 1 unspecified atom stereocenters. The van der Waals surface area contributed by atoms with Gasteiger partial charge in [0.05, 0.1) is 11.3 Å². The van der Waals surface area contributed by atoms with E-state index in [0.29, 0.717) is 11.5 Å². The average Bonchev–Trinajstić information content (AvgIpc) is 2.81. The number of carbonyl (C=O) groups is 1. The van der Waals surface area contributed by atoms with Crippen molar-refractivity contribution >= 4 is 5.97 Å². The molecule has 0 spiro atoms. The zero-order valence-corrected chi connectivity index (χ0v) is 14.6. The number of hydrogen-bond donors (Lipinski definition) is 1. The summed E-state index contributed by atoms with van der Waals surface area (Å²) >= 11 is 0. The molecular weight excluding hydrogens is 302 g/mol. The van der Waals surface area contributed by atoms with Gasteiger partial charge in [-0.05, 0) is 56.8 Å². The van der Waals surface area contributed by atoms with Crippen LogP contribution >= 0.6 is 0 Å². The molecule has 5 nitrogen and oxygen atoms in total. The Labute approximate surface area is 142 Å². The van der Waals surface area contributed by atoms with Crippen LogP contribution in [0.5, 0.6) is 0 Å². The number of benzene rings is 1. The van der Waals surface area contributed by atoms with Gasteiger partial charge >= 0.3 is 5.97 Å². The Hall–Kier alpha value is -2.14. The largest absolute Gasteiger partial charge is 0.478 e. The van der Waals surface area contributed by atoms with Gasteiger partial charge in [-0.2, -0.15) is 5.10 Å². The fourth-order valence-electron chi connectivity index (χ4n) is 3.64. The Balaban J connectivity index is 1.71. The second-order valence-electron chi connectivity index (χ2n) is 6.77. The lowest BCUT2D eigenvalue weighted by Gasteiger charge is -2.33. The molecule has 0 aliphatic carbocycles. The first-order chi connectivity index (χ1) is 11.5. The first kappa shape index (κ1) is 16.7. The Morgan fingerprint density at radius 1 is 1.29 bits per heavy atom. The van der Waals surface area contributed by atoms with Crippen LogP contribution in [0, 0.1) is 13.8 Å². The topological polar surface area (TPSA) is 58.4 Å². The lowest BCUT2D eigenvalue weighted by molar-refractivity contribution is 0.0697. The first-order valence-electron chi connectivity index (χ1n) is 8.50. The van der Waals surface area contributed by atoms with Crippen molar-refractivity contribution in [3.63, 3.8) is 0 Å². The van der Waals surface area contributed by atoms with Crippen molar-refractivity contribution < 1.29 is 9.90 Å². The van der Waals surface area contributed by atoms with Crippen molar-refractivity contribution in [1.29, 1.82) is 0 Å². The molecule has 1 saturated heterocycles. The van der Waals surface area contributed by atoms with Crippen molar-refractivity contribution in [2.75, 3.05) is 13.1 Å². The maximum absolute atomic E-state index is 11.0. The summed E-state index contributed by atoms with van der Waals surface area (Å²) in [5.41, 5.74) is 5.28. The summed E-state index contributed by atoms with van der Waals surface area (Å²) in [7, 11) is 1.99. The third-order valence-corrected chi connectivity index (χ3v) is 5.18. The van der Waals surface area contributed by atoms with Crippen LogP contribution in [0.1, 0.15) is 51.6 Å². The summed E-state index contributed by atoms with van der Waals surface area (Å²) in [6, 6.07) is 7.37. The van der Waals surface area contributed by atoms with Crippen molar-refractivity contribution in [2.24, 2.45) is 7.05 Å². The van der Waals surface area contributed by atoms with Gasteiger partial charge in [-0.1, -0.05) is 12.1 Å². The SMILES string of the molecule is Cc1nn(C)c(C)c1CN1CCCC(c2ccc(C(=O)O)cc2)C1. The Morgan fingerprint density at radius 2 is 2.00 bits per heavy atom. The summed E-state index contributed by atoms with van der Waals surface area (Å²) < 4.78 is 1.96. The highest BCUT2D eigenvalue weighted by Gasteiger charge is 2.23. The van der Waals surface area contributed by atoms with E-state index in [1.807, 2.05) is 23.9 Å². The third-order valence-electron chi connectivity index (χ3n) is 5.18. The molecule has 5 heteroatoms. The predicted octanol–water partition coefficient (Wildman–Crippen LogP) is 3.11. The number of nitrogens with zero attached hydrogens (tertiary/aromatic N) is 3. The number of likely N-dealkylation sites (tertiary alicyclic amines) is 1. The van der Waals surface area contributed by atoms with E-state index >= 15 is 0 Å². The second kappa shape index (κ2) is 6.77. The third kappa shape index (κ3) is 3.36. The number of piperidine rings is 1. The summed E-state index contributed by atoms with van der Waals surface area (Å²) in [5, 5.41) is 13.5. The van der Waals surface area contributed by atoms with Crippen LogP contribution in [-0.4, -0.2) is 38.8 Å². The van der Waals surface area contributed by atoms with E-state index < -0.39 is 5.97 Å². The highest BCUT2D eigenvalue weighted by atomic mass is 16.4. The van der Waals surface area contributed by atoms with E-state index in [1.165, 1.54) is 23.2 Å². The summed E-state index contributed by atoms with van der Waals surface area (Å²) in [4.78, 5) is 13.5. The van der Waals surface area contributed by atoms with Gasteiger partial charge in [-0.15, -0.1) is 0 Å². The fraction of sp³-hybridized carbons (Fsp3) is 0.474. The number of rotatable bonds is 4. The zero-order valence-electron chi connectivity index (χ0n) is 14.6. The number of aromatic carboxylic acids is 1. The van der Waals surface area contributed by atoms with E-state index in [2.05, 4.69) is 23.8 Å². The predicted molar refractivity (Wildman–Crippen MR) is 93.3 cm³/mol. The summed E-state index contributed by atoms with van der Waals surface area (Å²) in [5.74, 6) is -0.395. The minimum Gasteiger partial charge on any atom is -0.478 e. The number of aromatic nitrogens is 2. The van der Waals surface area contributed by atoms with Crippen molar-refractivity contribution in [3.8, 4) is 0 Å². The molecule has 1 N–H and O–H groups in total. The van der Waals surface area contributed by atoms with E-state index in [9.17, 15) is 4.79 Å². The minimum atomic E-state index is -0.866. The molecule has 2 heterocycles. The molecule has 1 aromatic heterocycles. The Kier molecular flexibility index (Phi) is 4.71. The number of aryl methyl sites for hydroxylation is 2. The van der Waals surface area contributed by atoms with Gasteiger partial charge in [0.1, 0.15) is 0 Å². The summed E-state index contributed by atoms with van der Waals surface area (Å²) in [6.07, 6.45) is 2.33. The number of carboxylic acids is 1. The van der Waals surface area contributed by atoms with Gasteiger partial charge in [0.15, 0.2) is 0 Å². The highest BCUT2D eigenvalue weighted by Crippen LogP contribution is 2.28. The van der Waals surface area contributed by atoms with Crippen LogP contribution in [0.4, 0.5) is 0 Å². The molecule has 1 atom stereocenters. The molecule has 24 heavy (non-hydrogen) atoms. The van der Waals surface area contributed by atoms with Gasteiger partial charge in [0, 0.05) is 31.4 Å². The molecule has 2 aromatic rings. The molecule has 0 radical (unpaired) electrons. The van der Waals surface area contributed by atoms with Crippen LogP contribution in [0.3, 0.4) is 0 Å². The summed E-state index contributed by atoms with van der Waals surface area (Å²) in [6.45, 7) is 7.27. The first-order valence-corrected chi connectivity index (χ1v) is 8.50. The van der Waals surface area contributed by atoms with Crippen LogP contribution in [0.15, 0.2) is 24.3 Å². The molecule has 0 amide bonds. The van der Waals surface area contributed by atoms with E-state index in [1.54, 1.807) is 12.1 Å². The van der Waals surface area contributed by atoms with Gasteiger partial charge in [-0.25, -0.2) is 4.79 Å². The normalized spacial score (nSPS) is 18.7. The minimum absolute atomic E-state index is 0.355. The molecule has 128 valence electrons. The number of carboxylic acid groups (broad SMARTS) is 1. The molecule has 1 fully saturated rings. The average molecular weight is 327 g/mol. The zero-order chi connectivity index (χ0) is 17.3. The quantitative estimate of drug-likeness (QED) is 0.937. The fourth-order valence-corrected chi connectivity index (χ4v) is 3.64. The van der Waals surface area contributed by atoms with E-state index in [0.717, 1.165) is 31.7 Å². The maximum Gasteiger partial charge on any atom is 0.335 e. The van der Waals surface area contributed by atoms with Crippen molar-refractivity contribution in [3.05, 3.63) is 52.3 Å². The van der Waals surface area contributed by atoms with E-state index in [4.69, 9.17) is 5.11 Å². The van der Waals surface area contributed by atoms with Gasteiger partial charge in [0.25, 0.3) is 0 Å². The Bertz CT molecular complexity index is 734. The van der Waals surface area contributed by atoms with E-state index in [-0.39, 0.29) is 0 Å². The van der Waals surface area contributed by atoms with Crippen LogP contribution < -0.4 is 0 Å². The lowest BCUT2D eigenvalue weighted by atomic mass is 9.90. The number of hydrogen-bond acceptors (Lipinski definition) is 3. The van der Waals surface area contributed by atoms with Crippen molar-refractivity contribution in [1.82, 2.24) is 14.7 Å². The maximum atomic E-state index is 11.0. The van der Waals surface area contributed by atoms with Crippen molar-refractivity contribution in [2.45, 2.75) is 39.2 Å². The molecule has 1 aromatic carbocycles. The van der Waals surface area contributed by atoms with Crippen LogP contribution in [0.25, 0.3) is 0 Å². The molecule has 1 aliphatic heterocycles. The van der Waals surface area contributed by atoms with Crippen LogP contribution in [-0.2, 0) is 13.6 Å². The van der Waals surface area contributed by atoms with Gasteiger partial charge in [-0.3, -0.25) is 9.58 Å². The lowest BCUT2D eigenvalue weighted by Crippen LogP contribution is -2.34. The Morgan fingerprint density at radius 3 is 2.58 bits per heavy atom.